The van der Waals surface area contributed by atoms with Gasteiger partial charge in [-0.05, 0) is 41.4 Å². The number of esters is 1. The number of hydrogen-bond acceptors (Lipinski definition) is 4. The van der Waals surface area contributed by atoms with Crippen LogP contribution in [-0.4, -0.2) is 17.4 Å². The number of aliphatic imine (C=N–C) groups is 1. The minimum absolute atomic E-state index is 0.197. The van der Waals surface area contributed by atoms with Crippen LogP contribution in [0.5, 0.6) is 0 Å². The van der Waals surface area contributed by atoms with Crippen LogP contribution < -0.4 is 0 Å². The first-order valence-electron chi connectivity index (χ1n) is 6.67. The molecule has 0 saturated carbocycles. The summed E-state index contributed by atoms with van der Waals surface area (Å²) in [7, 11) is 0. The Bertz CT molecular complexity index is 691. The molecule has 0 aliphatic carbocycles. The summed E-state index contributed by atoms with van der Waals surface area (Å²) >= 11 is 1.59. The van der Waals surface area contributed by atoms with E-state index in [1.807, 2.05) is 47.2 Å². The maximum Gasteiger partial charge on any atom is 0.341 e. The van der Waals surface area contributed by atoms with E-state index in [0.717, 1.165) is 11.1 Å². The van der Waals surface area contributed by atoms with E-state index in [9.17, 15) is 4.79 Å². The van der Waals surface area contributed by atoms with Crippen molar-refractivity contribution in [3.63, 3.8) is 0 Å². The Kier molecular flexibility index (Phi) is 3.47. The van der Waals surface area contributed by atoms with Gasteiger partial charge in [0.2, 0.25) is 5.90 Å². The van der Waals surface area contributed by atoms with Gasteiger partial charge in [-0.25, -0.2) is 9.79 Å². The summed E-state index contributed by atoms with van der Waals surface area (Å²) in [6.07, 6.45) is 1.76. The van der Waals surface area contributed by atoms with Crippen molar-refractivity contribution >= 4 is 23.2 Å². The van der Waals surface area contributed by atoms with Gasteiger partial charge >= 0.3 is 5.97 Å². The molecular weight excluding hydrogens is 282 g/mol. The number of rotatable bonds is 4. The Labute approximate surface area is 127 Å². The Morgan fingerprint density at radius 2 is 2.10 bits per heavy atom. The van der Waals surface area contributed by atoms with Gasteiger partial charge in [0.25, 0.3) is 0 Å². The highest BCUT2D eigenvalue weighted by Gasteiger charge is 2.47. The van der Waals surface area contributed by atoms with Crippen LogP contribution in [0.4, 0.5) is 0 Å². The van der Waals surface area contributed by atoms with Crippen LogP contribution in [0.2, 0.25) is 0 Å². The van der Waals surface area contributed by atoms with E-state index in [-0.39, 0.29) is 11.9 Å². The van der Waals surface area contributed by atoms with E-state index in [2.05, 4.69) is 11.6 Å². The van der Waals surface area contributed by atoms with Crippen LogP contribution >= 0.6 is 11.3 Å². The molecule has 106 valence electrons. The number of carbonyl (C=O) groups excluding carboxylic acids is 1. The predicted molar refractivity (Wildman–Crippen MR) is 84.7 cm³/mol. The highest BCUT2D eigenvalue weighted by molar-refractivity contribution is 7.08. The van der Waals surface area contributed by atoms with E-state index in [0.29, 0.717) is 5.90 Å². The first kappa shape index (κ1) is 13.8. The van der Waals surface area contributed by atoms with Crippen LogP contribution in [0.25, 0.3) is 0 Å². The topological polar surface area (TPSA) is 38.7 Å². The molecule has 0 amide bonds. The second-order valence-electron chi connectivity index (χ2n) is 5.09. The van der Waals surface area contributed by atoms with Gasteiger partial charge < -0.3 is 4.74 Å². The molecule has 1 aliphatic heterocycles. The second-order valence-corrected chi connectivity index (χ2v) is 5.87. The van der Waals surface area contributed by atoms with Crippen LogP contribution in [0.3, 0.4) is 0 Å². The quantitative estimate of drug-likeness (QED) is 0.636. The Morgan fingerprint density at radius 3 is 2.71 bits per heavy atom. The van der Waals surface area contributed by atoms with Crippen molar-refractivity contribution in [2.45, 2.75) is 18.4 Å². The zero-order chi connectivity index (χ0) is 14.9. The van der Waals surface area contributed by atoms with E-state index < -0.39 is 5.54 Å². The average molecular weight is 297 g/mol. The maximum atomic E-state index is 12.4. The van der Waals surface area contributed by atoms with E-state index >= 15 is 0 Å². The van der Waals surface area contributed by atoms with Gasteiger partial charge in [-0.2, -0.15) is 11.3 Å². The molecule has 2 aromatic rings. The molecule has 3 nitrogen and oxygen atoms in total. The number of hydrogen-bond donors (Lipinski definition) is 0. The van der Waals surface area contributed by atoms with Gasteiger partial charge in [-0.3, -0.25) is 0 Å². The molecule has 0 N–H and O–H groups in total. The van der Waals surface area contributed by atoms with Crippen molar-refractivity contribution < 1.29 is 9.53 Å². The molecule has 21 heavy (non-hydrogen) atoms. The van der Waals surface area contributed by atoms with Crippen molar-refractivity contribution in [3.05, 3.63) is 70.9 Å². The molecule has 0 radical (unpaired) electrons. The van der Waals surface area contributed by atoms with Crippen molar-refractivity contribution in [2.75, 3.05) is 0 Å². The molecule has 0 bridgehead atoms. The summed E-state index contributed by atoms with van der Waals surface area (Å²) in [4.78, 5) is 17.0. The monoisotopic (exact) mass is 297 g/mol. The lowest BCUT2D eigenvalue weighted by Crippen LogP contribution is -2.36. The van der Waals surface area contributed by atoms with E-state index in [1.165, 1.54) is 0 Å². The molecule has 2 heterocycles. The van der Waals surface area contributed by atoms with Gasteiger partial charge in [-0.15, -0.1) is 6.58 Å². The van der Waals surface area contributed by atoms with Crippen LogP contribution in [0.15, 0.2) is 64.8 Å². The fraction of sp³-hybridized carbons (Fsp3) is 0.176. The molecule has 1 aromatic heterocycles. The number of benzene rings is 1. The molecule has 0 fully saturated rings. The molecule has 1 aromatic carbocycles. The third-order valence-corrected chi connectivity index (χ3v) is 4.40. The Morgan fingerprint density at radius 1 is 1.33 bits per heavy atom. The minimum Gasteiger partial charge on any atom is -0.405 e. The average Bonchev–Trinajstić information content (AvgIpc) is 3.11. The summed E-state index contributed by atoms with van der Waals surface area (Å²) < 4.78 is 5.41. The first-order valence-corrected chi connectivity index (χ1v) is 7.61. The zero-order valence-electron chi connectivity index (χ0n) is 11.7. The summed E-state index contributed by atoms with van der Waals surface area (Å²) in [6, 6.07) is 11.5. The predicted octanol–water partition coefficient (Wildman–Crippen LogP) is 3.78. The van der Waals surface area contributed by atoms with Gasteiger partial charge in [0, 0.05) is 11.5 Å². The fourth-order valence-electron chi connectivity index (χ4n) is 2.51. The van der Waals surface area contributed by atoms with Gasteiger partial charge in [0.1, 0.15) is 0 Å². The van der Waals surface area contributed by atoms with Crippen molar-refractivity contribution in [1.29, 1.82) is 0 Å². The Hall–Kier alpha value is -2.20. The lowest BCUT2D eigenvalue weighted by molar-refractivity contribution is -0.138. The van der Waals surface area contributed by atoms with E-state index in [1.54, 1.807) is 24.3 Å². The third kappa shape index (κ3) is 2.32. The first-order chi connectivity index (χ1) is 10.1. The number of carbonyl (C=O) groups is 1. The molecule has 4 heteroatoms. The Balaban J connectivity index is 2.02. The number of cyclic esters (lactones) is 1. The van der Waals surface area contributed by atoms with Gasteiger partial charge in [0.05, 0.1) is 0 Å². The molecule has 3 rings (SSSR count). The van der Waals surface area contributed by atoms with Crippen molar-refractivity contribution in [3.8, 4) is 0 Å². The lowest BCUT2D eigenvalue weighted by atomic mass is 9.82. The van der Waals surface area contributed by atoms with Crippen LogP contribution in [0.1, 0.15) is 24.0 Å². The summed E-state index contributed by atoms with van der Waals surface area (Å²) in [5, 5.41) is 4.00. The zero-order valence-corrected chi connectivity index (χ0v) is 12.5. The maximum absolute atomic E-state index is 12.4. The molecule has 0 spiro atoms. The minimum atomic E-state index is -0.964. The standard InChI is InChI=1S/C17H15NO2S/c1-3-14(13-9-10-21-11-13)17(2)16(19)20-15(18-17)12-7-5-4-6-8-12/h3-11,14H,1H2,2H3/t14-,17+/m0/s1. The van der Waals surface area contributed by atoms with Crippen LogP contribution in [-0.2, 0) is 9.53 Å². The molecule has 0 saturated heterocycles. The normalized spacial score (nSPS) is 22.5. The SMILES string of the molecule is C=C[C@@H](c1ccsc1)[C@@]1(C)N=C(c2ccccc2)OC1=O. The lowest BCUT2D eigenvalue weighted by Gasteiger charge is -2.24. The second kappa shape index (κ2) is 5.30. The molecule has 1 aliphatic rings. The molecule has 0 unspecified atom stereocenters. The molecular formula is C17H15NO2S. The number of thiophene rings is 1. The highest BCUT2D eigenvalue weighted by atomic mass is 32.1. The summed E-state index contributed by atoms with van der Waals surface area (Å²) in [5.74, 6) is -0.153. The van der Waals surface area contributed by atoms with Crippen molar-refractivity contribution in [2.24, 2.45) is 4.99 Å². The smallest absolute Gasteiger partial charge is 0.341 e. The van der Waals surface area contributed by atoms with Gasteiger partial charge in [-0.1, -0.05) is 24.3 Å². The van der Waals surface area contributed by atoms with Gasteiger partial charge in [0.15, 0.2) is 5.54 Å². The summed E-state index contributed by atoms with van der Waals surface area (Å²) in [6.45, 7) is 5.67. The number of ether oxygens (including phenoxy) is 1. The third-order valence-electron chi connectivity index (χ3n) is 3.70. The summed E-state index contributed by atoms with van der Waals surface area (Å²) in [5.41, 5.74) is 0.879. The molecule has 2 atom stereocenters. The van der Waals surface area contributed by atoms with Crippen LogP contribution in [0, 0.1) is 0 Å². The highest BCUT2D eigenvalue weighted by Crippen LogP contribution is 2.38. The van der Waals surface area contributed by atoms with Crippen molar-refractivity contribution in [1.82, 2.24) is 0 Å². The largest absolute Gasteiger partial charge is 0.405 e. The van der Waals surface area contributed by atoms with E-state index in [4.69, 9.17) is 4.74 Å². The number of nitrogens with zero attached hydrogens (tertiary/aromatic N) is 1. The fourth-order valence-corrected chi connectivity index (χ4v) is 3.21.